The molecule has 1 amide bonds. The van der Waals surface area contributed by atoms with Crippen molar-refractivity contribution in [3.8, 4) is 5.75 Å². The molecule has 1 heterocycles. The minimum absolute atomic E-state index is 0.363. The second kappa shape index (κ2) is 11.6. The zero-order chi connectivity index (χ0) is 26.6. The van der Waals surface area contributed by atoms with Gasteiger partial charge in [-0.2, -0.15) is 0 Å². The Bertz CT molecular complexity index is 1300. The van der Waals surface area contributed by atoms with Crippen LogP contribution in [-0.2, 0) is 4.74 Å². The number of amidine groups is 2. The van der Waals surface area contributed by atoms with E-state index < -0.39 is 16.1 Å². The van der Waals surface area contributed by atoms with E-state index in [1.165, 1.54) is 11.4 Å². The molecule has 3 aromatic carbocycles. The lowest BCUT2D eigenvalue weighted by atomic mass is 10.2. The fourth-order valence-electron chi connectivity index (χ4n) is 3.54. The molecule has 0 N–H and O–H groups in total. The van der Waals surface area contributed by atoms with Crippen LogP contribution in [0.2, 0.25) is 0 Å². The molecular weight excluding hydrogens is 555 g/mol. The third-order valence-electron chi connectivity index (χ3n) is 5.35. The summed E-state index contributed by atoms with van der Waals surface area (Å²) < 4.78 is 9.60. The lowest BCUT2D eigenvalue weighted by Crippen LogP contribution is -2.50. The van der Waals surface area contributed by atoms with Gasteiger partial charge in [0.05, 0.1) is 19.9 Å². The smallest absolute Gasteiger partial charge is 0.421 e. The number of hydrogen-bond acceptors (Lipinski definition) is 5. The molecule has 1 aliphatic heterocycles. The highest BCUT2D eigenvalue weighted by Gasteiger charge is 2.52. The maximum absolute atomic E-state index is 12.7. The number of aliphatic imine (C=N–C) groups is 2. The van der Waals surface area contributed by atoms with Gasteiger partial charge in [0.1, 0.15) is 5.75 Å². The van der Waals surface area contributed by atoms with Gasteiger partial charge in [0.25, 0.3) is 0 Å². The topological polar surface area (TPSA) is 66.7 Å². The number of benzene rings is 3. The molecule has 0 unspecified atom stereocenters. The molecule has 192 valence electrons. The minimum atomic E-state index is -1.92. The summed E-state index contributed by atoms with van der Waals surface area (Å²) in [5, 5.41) is 0.363. The first-order valence-corrected chi connectivity index (χ1v) is 13.0. The van der Waals surface area contributed by atoms with E-state index >= 15 is 0 Å². The van der Waals surface area contributed by atoms with Crippen molar-refractivity contribution >= 4 is 75.2 Å². The van der Waals surface area contributed by atoms with E-state index in [0.717, 1.165) is 28.8 Å². The van der Waals surface area contributed by atoms with E-state index in [1.54, 1.807) is 36.3 Å². The maximum Gasteiger partial charge on any atom is 0.421 e. The van der Waals surface area contributed by atoms with Crippen molar-refractivity contribution in [2.45, 2.75) is 16.9 Å². The van der Waals surface area contributed by atoms with Crippen LogP contribution in [0, 0.1) is 6.92 Å². The summed E-state index contributed by atoms with van der Waals surface area (Å²) in [7, 11) is 2.84. The lowest BCUT2D eigenvalue weighted by molar-refractivity contribution is 0.144. The Morgan fingerprint density at radius 3 is 2.16 bits per heavy atom. The third kappa shape index (κ3) is 6.33. The first-order chi connectivity index (χ1) is 17.7. The van der Waals surface area contributed by atoms with Crippen LogP contribution in [-0.4, -0.2) is 45.6 Å². The predicted molar refractivity (Wildman–Crippen MR) is 153 cm³/mol. The number of hydrogen-bond donors (Lipinski definition) is 0. The molecule has 3 aromatic rings. The summed E-state index contributed by atoms with van der Waals surface area (Å²) in [4.78, 5) is 24.1. The lowest BCUT2D eigenvalue weighted by Gasteiger charge is -2.33. The van der Waals surface area contributed by atoms with Gasteiger partial charge < -0.3 is 9.47 Å². The first-order valence-electron chi connectivity index (χ1n) is 11.1. The number of methoxy groups -OCH3 is 2. The van der Waals surface area contributed by atoms with Crippen molar-refractivity contribution in [1.29, 1.82) is 0 Å². The quantitative estimate of drug-likeness (QED) is 0.140. The van der Waals surface area contributed by atoms with E-state index in [0.29, 0.717) is 22.4 Å². The molecule has 0 bridgehead atoms. The molecule has 4 rings (SSSR count). The molecule has 37 heavy (non-hydrogen) atoms. The van der Waals surface area contributed by atoms with Crippen molar-refractivity contribution in [3.63, 3.8) is 0 Å². The second-order valence-corrected chi connectivity index (χ2v) is 11.2. The van der Waals surface area contributed by atoms with Crippen LogP contribution in [0.1, 0.15) is 11.1 Å². The Kier molecular flexibility index (Phi) is 8.54. The normalized spacial score (nSPS) is 17.3. The summed E-state index contributed by atoms with van der Waals surface area (Å²) in [6, 6.07) is 24.4. The van der Waals surface area contributed by atoms with E-state index in [4.69, 9.17) is 54.3 Å². The highest BCUT2D eigenvalue weighted by molar-refractivity contribution is 8.13. The van der Waals surface area contributed by atoms with Gasteiger partial charge in [-0.1, -0.05) is 82.8 Å². The Balaban J connectivity index is 1.90. The average Bonchev–Trinajstić information content (AvgIpc) is 3.29. The van der Waals surface area contributed by atoms with E-state index in [1.807, 2.05) is 61.5 Å². The molecule has 0 saturated carbocycles. The van der Waals surface area contributed by atoms with Crippen LogP contribution in [0.4, 0.5) is 16.2 Å². The fourth-order valence-corrected chi connectivity index (χ4v) is 5.40. The van der Waals surface area contributed by atoms with E-state index in [2.05, 4.69) is 0 Å². The maximum atomic E-state index is 12.7. The summed E-state index contributed by atoms with van der Waals surface area (Å²) in [5.74, 6) is 1.07. The third-order valence-corrected chi connectivity index (χ3v) is 6.94. The van der Waals surface area contributed by atoms with Crippen LogP contribution < -0.4 is 9.64 Å². The number of rotatable bonds is 4. The summed E-state index contributed by atoms with van der Waals surface area (Å²) in [5.41, 5.74) is 3.23. The van der Waals surface area contributed by atoms with Gasteiger partial charge >= 0.3 is 6.09 Å². The number of alkyl halides is 3. The van der Waals surface area contributed by atoms with Crippen molar-refractivity contribution in [1.82, 2.24) is 4.31 Å². The van der Waals surface area contributed by atoms with Crippen LogP contribution in [0.5, 0.6) is 5.75 Å². The van der Waals surface area contributed by atoms with Gasteiger partial charge in [0.15, 0.2) is 17.2 Å². The molecule has 1 atom stereocenters. The van der Waals surface area contributed by atoms with E-state index in [9.17, 15) is 4.79 Å². The van der Waals surface area contributed by atoms with Crippen LogP contribution >= 0.6 is 46.8 Å². The predicted octanol–water partition coefficient (Wildman–Crippen LogP) is 7.37. The molecule has 0 aliphatic carbocycles. The van der Waals surface area contributed by atoms with Gasteiger partial charge in [0, 0.05) is 23.2 Å². The van der Waals surface area contributed by atoms with Crippen molar-refractivity contribution in [2.75, 3.05) is 19.1 Å². The zero-order valence-electron chi connectivity index (χ0n) is 20.1. The van der Waals surface area contributed by atoms with Gasteiger partial charge in [0.2, 0.25) is 3.79 Å². The standard InChI is InChI=1S/C26H23Cl3N4O3S/c1-17-9-11-19(12-10-17)30-22(18-7-5-4-6-8-18)31-24-32(20-13-15-21(35-2)16-14-20)23(26(27,28)29)33(37-24)25(34)36-3/h4-16,23H,1-3H3/t23-/m0/s1. The average molecular weight is 578 g/mol. The molecule has 1 aliphatic rings. The Hall–Kier alpha value is -2.91. The molecule has 7 nitrogen and oxygen atoms in total. The number of carbonyl (C=O) groups is 1. The molecular formula is C26H23Cl3N4O3S. The van der Waals surface area contributed by atoms with Crippen molar-refractivity contribution in [3.05, 3.63) is 90.0 Å². The Morgan fingerprint density at radius 2 is 1.59 bits per heavy atom. The van der Waals surface area contributed by atoms with Crippen LogP contribution in [0.25, 0.3) is 0 Å². The van der Waals surface area contributed by atoms with Gasteiger partial charge in [-0.15, -0.1) is 0 Å². The monoisotopic (exact) mass is 576 g/mol. The number of carbonyl (C=O) groups excluding carboxylic acids is 1. The highest BCUT2D eigenvalue weighted by atomic mass is 35.6. The largest absolute Gasteiger partial charge is 0.497 e. The summed E-state index contributed by atoms with van der Waals surface area (Å²) in [6.07, 6.45) is -1.76. The minimum Gasteiger partial charge on any atom is -0.497 e. The molecule has 0 spiro atoms. The Morgan fingerprint density at radius 1 is 0.946 bits per heavy atom. The number of nitrogens with zero attached hydrogens (tertiary/aromatic N) is 4. The van der Waals surface area contributed by atoms with Crippen molar-refractivity contribution < 1.29 is 14.3 Å². The number of aryl methyl sites for hydroxylation is 1. The van der Waals surface area contributed by atoms with Gasteiger partial charge in [-0.05, 0) is 43.3 Å². The SMILES string of the molecule is COC(=O)N1SC(=NC(=Nc2ccc(C)cc2)c2ccccc2)N(c2ccc(OC)cc2)[C@@H]1C(Cl)(Cl)Cl. The molecule has 1 saturated heterocycles. The highest BCUT2D eigenvalue weighted by Crippen LogP contribution is 2.46. The first kappa shape index (κ1) is 27.1. The number of anilines is 1. The molecule has 0 radical (unpaired) electrons. The fraction of sp³-hybridized carbons (Fsp3) is 0.192. The van der Waals surface area contributed by atoms with Gasteiger partial charge in [-0.3, -0.25) is 4.90 Å². The molecule has 0 aromatic heterocycles. The van der Waals surface area contributed by atoms with E-state index in [-0.39, 0.29) is 0 Å². The zero-order valence-corrected chi connectivity index (χ0v) is 23.2. The Labute approximate surface area is 234 Å². The second-order valence-electron chi connectivity index (χ2n) is 7.90. The molecule has 11 heteroatoms. The van der Waals surface area contributed by atoms with Crippen LogP contribution in [0.3, 0.4) is 0 Å². The number of amides is 1. The number of ether oxygens (including phenoxy) is 2. The van der Waals surface area contributed by atoms with Crippen LogP contribution in [0.15, 0.2) is 88.8 Å². The van der Waals surface area contributed by atoms with Crippen molar-refractivity contribution in [2.24, 2.45) is 9.98 Å². The summed E-state index contributed by atoms with van der Waals surface area (Å²) >= 11 is 20.3. The summed E-state index contributed by atoms with van der Waals surface area (Å²) in [6.45, 7) is 2.01. The molecule has 1 fully saturated rings. The number of halogens is 3. The van der Waals surface area contributed by atoms with Gasteiger partial charge in [-0.25, -0.2) is 19.1 Å².